The zero-order valence-corrected chi connectivity index (χ0v) is 13.2. The van der Waals surface area contributed by atoms with Crippen LogP contribution in [0.4, 0.5) is 0 Å². The molecule has 1 unspecified atom stereocenters. The number of benzene rings is 1. The van der Waals surface area contributed by atoms with E-state index in [0.29, 0.717) is 13.2 Å². The van der Waals surface area contributed by atoms with E-state index in [1.165, 1.54) is 0 Å². The van der Waals surface area contributed by atoms with Crippen LogP contribution >= 0.6 is 0 Å². The van der Waals surface area contributed by atoms with E-state index in [1.807, 2.05) is 32.0 Å². The van der Waals surface area contributed by atoms with Crippen molar-refractivity contribution in [1.29, 1.82) is 0 Å². The van der Waals surface area contributed by atoms with E-state index >= 15 is 0 Å². The Balaban J connectivity index is 1.86. The molecule has 0 amide bonds. The molecule has 1 aromatic rings. The Bertz CT molecular complexity index is 451. The van der Waals surface area contributed by atoms with Gasteiger partial charge in [0.2, 0.25) is 0 Å². The van der Waals surface area contributed by atoms with Crippen LogP contribution in [0.3, 0.4) is 0 Å². The Morgan fingerprint density at radius 2 is 1.95 bits per heavy atom. The van der Waals surface area contributed by atoms with Gasteiger partial charge in [0.15, 0.2) is 11.5 Å². The van der Waals surface area contributed by atoms with Crippen LogP contribution in [0.2, 0.25) is 0 Å². The van der Waals surface area contributed by atoms with E-state index in [2.05, 4.69) is 11.9 Å². The second-order valence-electron chi connectivity index (χ2n) is 5.69. The van der Waals surface area contributed by atoms with Crippen molar-refractivity contribution in [1.82, 2.24) is 4.90 Å². The molecule has 0 aliphatic carbocycles. The summed E-state index contributed by atoms with van der Waals surface area (Å²) in [7, 11) is 2.06. The van der Waals surface area contributed by atoms with Crippen molar-refractivity contribution in [2.45, 2.75) is 26.0 Å². The number of fused-ring (bicyclic) bond motifs is 1. The van der Waals surface area contributed by atoms with Crippen LogP contribution in [-0.4, -0.2) is 51.0 Å². The summed E-state index contributed by atoms with van der Waals surface area (Å²) in [5.74, 6) is 1.59. The largest absolute Gasteiger partial charge is 0.486 e. The van der Waals surface area contributed by atoms with Crippen LogP contribution in [0.1, 0.15) is 25.5 Å². The second-order valence-corrected chi connectivity index (χ2v) is 5.69. The molecule has 0 fully saturated rings. The van der Waals surface area contributed by atoms with Crippen molar-refractivity contribution in [3.63, 3.8) is 0 Å². The fraction of sp³-hybridized carbons (Fsp3) is 0.625. The van der Waals surface area contributed by atoms with Gasteiger partial charge in [0, 0.05) is 19.1 Å². The molecule has 1 atom stereocenters. The lowest BCUT2D eigenvalue weighted by atomic mass is 10.1. The maximum Gasteiger partial charge on any atom is 0.161 e. The second kappa shape index (κ2) is 7.64. The molecule has 0 aromatic heterocycles. The summed E-state index contributed by atoms with van der Waals surface area (Å²) < 4.78 is 16.7. The Hall–Kier alpha value is -1.30. The maximum absolute atomic E-state index is 6.28. The molecule has 1 aromatic carbocycles. The number of ether oxygens (including phenoxy) is 3. The summed E-state index contributed by atoms with van der Waals surface area (Å²) in [5.41, 5.74) is 7.35. The number of hydrogen-bond donors (Lipinski definition) is 1. The lowest BCUT2D eigenvalue weighted by Gasteiger charge is -2.24. The molecule has 21 heavy (non-hydrogen) atoms. The van der Waals surface area contributed by atoms with Crippen LogP contribution in [0.5, 0.6) is 11.5 Å². The number of nitrogens with zero attached hydrogens (tertiary/aromatic N) is 1. The maximum atomic E-state index is 6.28. The molecule has 1 heterocycles. The number of hydrogen-bond acceptors (Lipinski definition) is 5. The zero-order chi connectivity index (χ0) is 15.2. The summed E-state index contributed by atoms with van der Waals surface area (Å²) in [5, 5.41) is 0. The van der Waals surface area contributed by atoms with Crippen LogP contribution in [-0.2, 0) is 4.74 Å². The third-order valence-electron chi connectivity index (χ3n) is 3.43. The Morgan fingerprint density at radius 3 is 2.67 bits per heavy atom. The number of rotatable bonds is 7. The summed E-state index contributed by atoms with van der Waals surface area (Å²) in [6, 6.07) is 5.88. The van der Waals surface area contributed by atoms with Gasteiger partial charge >= 0.3 is 0 Å². The topological polar surface area (TPSA) is 57.0 Å². The summed E-state index contributed by atoms with van der Waals surface area (Å²) in [6.07, 6.45) is 0.268. The highest BCUT2D eigenvalue weighted by Gasteiger charge is 2.15. The van der Waals surface area contributed by atoms with Crippen molar-refractivity contribution in [2.75, 3.05) is 40.0 Å². The highest BCUT2D eigenvalue weighted by Crippen LogP contribution is 2.32. The number of likely N-dealkylation sites (N-methyl/N-ethyl adjacent to an activating group) is 1. The molecular weight excluding hydrogens is 268 g/mol. The first-order chi connectivity index (χ1) is 10.1. The van der Waals surface area contributed by atoms with Gasteiger partial charge in [-0.1, -0.05) is 6.07 Å². The molecule has 2 N–H and O–H groups in total. The molecule has 5 heteroatoms. The van der Waals surface area contributed by atoms with Crippen molar-refractivity contribution in [2.24, 2.45) is 5.73 Å². The van der Waals surface area contributed by atoms with E-state index in [4.69, 9.17) is 19.9 Å². The molecule has 118 valence electrons. The molecule has 0 spiro atoms. The van der Waals surface area contributed by atoms with Gasteiger partial charge in [-0.05, 0) is 38.6 Å². The molecule has 0 bridgehead atoms. The molecule has 1 aliphatic rings. The minimum atomic E-state index is -0.0510. The van der Waals surface area contributed by atoms with Crippen LogP contribution in [0.25, 0.3) is 0 Å². The van der Waals surface area contributed by atoms with Gasteiger partial charge in [-0.15, -0.1) is 0 Å². The Kier molecular flexibility index (Phi) is 5.85. The average molecular weight is 294 g/mol. The van der Waals surface area contributed by atoms with E-state index < -0.39 is 0 Å². The zero-order valence-electron chi connectivity index (χ0n) is 13.2. The van der Waals surface area contributed by atoms with Gasteiger partial charge < -0.3 is 24.8 Å². The summed E-state index contributed by atoms with van der Waals surface area (Å²) >= 11 is 0. The standard InChI is InChI=1S/C16H26N2O3/c1-12(2)19-7-6-18(3)11-14(17)13-4-5-15-16(10-13)21-9-8-20-15/h4-5,10,12,14H,6-9,11,17H2,1-3H3. The van der Waals surface area contributed by atoms with E-state index in [9.17, 15) is 0 Å². The van der Waals surface area contributed by atoms with Crippen molar-refractivity contribution < 1.29 is 14.2 Å². The third kappa shape index (κ3) is 4.88. The van der Waals surface area contributed by atoms with Crippen LogP contribution < -0.4 is 15.2 Å². The van der Waals surface area contributed by atoms with E-state index in [-0.39, 0.29) is 12.1 Å². The number of nitrogens with two attached hydrogens (primary N) is 1. The van der Waals surface area contributed by atoms with Crippen molar-refractivity contribution in [3.8, 4) is 11.5 Å². The third-order valence-corrected chi connectivity index (χ3v) is 3.43. The lowest BCUT2D eigenvalue weighted by molar-refractivity contribution is 0.0629. The molecule has 2 rings (SSSR count). The molecule has 0 saturated carbocycles. The normalized spacial score (nSPS) is 15.5. The molecule has 5 nitrogen and oxygen atoms in total. The Labute approximate surface area is 127 Å². The minimum Gasteiger partial charge on any atom is -0.486 e. The minimum absolute atomic E-state index is 0.0510. The van der Waals surface area contributed by atoms with E-state index in [1.54, 1.807) is 0 Å². The van der Waals surface area contributed by atoms with Gasteiger partial charge in [-0.3, -0.25) is 0 Å². The van der Waals surface area contributed by atoms with Crippen LogP contribution in [0, 0.1) is 0 Å². The molecule has 1 aliphatic heterocycles. The van der Waals surface area contributed by atoms with Crippen LogP contribution in [0.15, 0.2) is 18.2 Å². The average Bonchev–Trinajstić information content (AvgIpc) is 2.46. The van der Waals surface area contributed by atoms with Gasteiger partial charge in [0.25, 0.3) is 0 Å². The summed E-state index contributed by atoms with van der Waals surface area (Å²) in [4.78, 5) is 2.18. The first kappa shape index (κ1) is 16.1. The van der Waals surface area contributed by atoms with Gasteiger partial charge in [0.05, 0.1) is 12.7 Å². The fourth-order valence-corrected chi connectivity index (χ4v) is 2.27. The smallest absolute Gasteiger partial charge is 0.161 e. The molecular formula is C16H26N2O3. The monoisotopic (exact) mass is 294 g/mol. The lowest BCUT2D eigenvalue weighted by Crippen LogP contribution is -2.32. The quantitative estimate of drug-likeness (QED) is 0.831. The fourth-order valence-electron chi connectivity index (χ4n) is 2.27. The SMILES string of the molecule is CC(C)OCCN(C)CC(N)c1ccc2c(c1)OCCO2. The van der Waals surface area contributed by atoms with Crippen molar-refractivity contribution in [3.05, 3.63) is 23.8 Å². The first-order valence-corrected chi connectivity index (χ1v) is 7.51. The van der Waals surface area contributed by atoms with E-state index in [0.717, 1.165) is 36.8 Å². The molecule has 0 saturated heterocycles. The van der Waals surface area contributed by atoms with Gasteiger partial charge in [-0.2, -0.15) is 0 Å². The van der Waals surface area contributed by atoms with Crippen molar-refractivity contribution >= 4 is 0 Å². The first-order valence-electron chi connectivity index (χ1n) is 7.51. The molecule has 0 radical (unpaired) electrons. The van der Waals surface area contributed by atoms with Gasteiger partial charge in [-0.25, -0.2) is 0 Å². The summed E-state index contributed by atoms with van der Waals surface area (Å²) in [6.45, 7) is 7.66. The van der Waals surface area contributed by atoms with Gasteiger partial charge in [0.1, 0.15) is 13.2 Å². The Morgan fingerprint density at radius 1 is 1.24 bits per heavy atom. The highest BCUT2D eigenvalue weighted by atomic mass is 16.6. The predicted octanol–water partition coefficient (Wildman–Crippen LogP) is 1.81. The highest BCUT2D eigenvalue weighted by molar-refractivity contribution is 5.44. The predicted molar refractivity (Wildman–Crippen MR) is 82.9 cm³/mol.